The predicted octanol–water partition coefficient (Wildman–Crippen LogP) is 2.51. The van der Waals surface area contributed by atoms with Gasteiger partial charge in [-0.2, -0.15) is 0 Å². The van der Waals surface area contributed by atoms with Crippen molar-refractivity contribution >= 4 is 50.4 Å². The van der Waals surface area contributed by atoms with Crippen molar-refractivity contribution in [2.24, 2.45) is 0 Å². The van der Waals surface area contributed by atoms with Gasteiger partial charge in [0.1, 0.15) is 10.7 Å². The second-order valence-corrected chi connectivity index (χ2v) is 7.54. The Morgan fingerprint density at radius 1 is 1.37 bits per heavy atom. The van der Waals surface area contributed by atoms with Gasteiger partial charge in [-0.1, -0.05) is 23.2 Å². The third-order valence-electron chi connectivity index (χ3n) is 2.22. The molecule has 0 aliphatic rings. The summed E-state index contributed by atoms with van der Waals surface area (Å²) in [7, 11) is -3.68. The van der Waals surface area contributed by atoms with Crippen molar-refractivity contribution in [2.45, 2.75) is 11.4 Å². The number of nitrogens with two attached hydrogens (primary N) is 1. The Hall–Kier alpha value is -0.860. The highest BCUT2D eigenvalue weighted by Gasteiger charge is 2.16. The molecule has 9 heteroatoms. The van der Waals surface area contributed by atoms with Gasteiger partial charge in [-0.3, -0.25) is 0 Å². The van der Waals surface area contributed by atoms with Crippen LogP contribution in [0.3, 0.4) is 0 Å². The van der Waals surface area contributed by atoms with Crippen LogP contribution in [0.25, 0.3) is 0 Å². The smallest absolute Gasteiger partial charge is 0.242 e. The average molecular weight is 338 g/mol. The summed E-state index contributed by atoms with van der Waals surface area (Å²) in [4.78, 5) is 4.49. The van der Waals surface area contributed by atoms with E-state index in [1.807, 2.05) is 0 Å². The molecule has 0 aliphatic heterocycles. The van der Waals surface area contributed by atoms with Crippen molar-refractivity contribution < 1.29 is 8.42 Å². The van der Waals surface area contributed by atoms with Gasteiger partial charge in [0.2, 0.25) is 10.0 Å². The van der Waals surface area contributed by atoms with Crippen LogP contribution in [0.5, 0.6) is 0 Å². The van der Waals surface area contributed by atoms with Crippen LogP contribution < -0.4 is 10.5 Å². The first-order valence-corrected chi connectivity index (χ1v) is 8.09. The van der Waals surface area contributed by atoms with Crippen molar-refractivity contribution in [3.8, 4) is 0 Å². The van der Waals surface area contributed by atoms with Crippen molar-refractivity contribution in [3.05, 3.63) is 38.6 Å². The Labute approximate surface area is 124 Å². The van der Waals surface area contributed by atoms with E-state index in [4.69, 9.17) is 28.9 Å². The zero-order chi connectivity index (χ0) is 14.0. The van der Waals surface area contributed by atoms with Gasteiger partial charge in [0.25, 0.3) is 0 Å². The molecular formula is C10H9Cl2N3O2S2. The summed E-state index contributed by atoms with van der Waals surface area (Å²) in [6, 6.07) is 4.72. The van der Waals surface area contributed by atoms with Crippen LogP contribution in [0.4, 0.5) is 5.82 Å². The van der Waals surface area contributed by atoms with Gasteiger partial charge in [0.05, 0.1) is 9.36 Å². The Morgan fingerprint density at radius 3 is 2.68 bits per heavy atom. The quantitative estimate of drug-likeness (QED) is 0.897. The molecular weight excluding hydrogens is 329 g/mol. The molecule has 0 bridgehead atoms. The highest BCUT2D eigenvalue weighted by Crippen LogP contribution is 2.23. The SMILES string of the molecule is Nc1ncc(S(=O)(=O)NCc2ccc(Cl)s2)cc1Cl. The lowest BCUT2D eigenvalue weighted by Gasteiger charge is -2.06. The minimum atomic E-state index is -3.68. The fraction of sp³-hybridized carbons (Fsp3) is 0.100. The van der Waals surface area contributed by atoms with Crippen molar-refractivity contribution in [1.82, 2.24) is 9.71 Å². The third-order valence-corrected chi connectivity index (χ3v) is 5.12. The van der Waals surface area contributed by atoms with E-state index in [-0.39, 0.29) is 22.3 Å². The van der Waals surface area contributed by atoms with Gasteiger partial charge in [-0.15, -0.1) is 11.3 Å². The average Bonchev–Trinajstić information content (AvgIpc) is 2.76. The molecule has 0 radical (unpaired) electrons. The zero-order valence-corrected chi connectivity index (χ0v) is 12.6. The van der Waals surface area contributed by atoms with E-state index < -0.39 is 10.0 Å². The summed E-state index contributed by atoms with van der Waals surface area (Å²) in [6.07, 6.45) is 1.16. The summed E-state index contributed by atoms with van der Waals surface area (Å²) >= 11 is 12.8. The summed E-state index contributed by atoms with van der Waals surface area (Å²) in [5, 5.41) is 0.0991. The van der Waals surface area contributed by atoms with Gasteiger partial charge >= 0.3 is 0 Å². The van der Waals surface area contributed by atoms with E-state index in [1.165, 1.54) is 17.4 Å². The van der Waals surface area contributed by atoms with Gasteiger partial charge in [-0.25, -0.2) is 18.1 Å². The van der Waals surface area contributed by atoms with Crippen molar-refractivity contribution in [2.75, 3.05) is 5.73 Å². The molecule has 3 N–H and O–H groups in total. The lowest BCUT2D eigenvalue weighted by molar-refractivity contribution is 0.581. The summed E-state index contributed by atoms with van der Waals surface area (Å²) in [5.74, 6) is 0.0886. The topological polar surface area (TPSA) is 85.1 Å². The van der Waals surface area contributed by atoms with E-state index >= 15 is 0 Å². The second-order valence-electron chi connectivity index (χ2n) is 3.57. The number of sulfonamides is 1. The predicted molar refractivity (Wildman–Crippen MR) is 77.0 cm³/mol. The Balaban J connectivity index is 2.16. The number of nitrogens with one attached hydrogen (secondary N) is 1. The standard InChI is InChI=1S/C10H9Cl2N3O2S2/c11-8-3-7(5-14-10(8)13)19(16,17)15-4-6-1-2-9(12)18-6/h1-3,5,15H,4H2,(H2,13,14). The van der Waals surface area contributed by atoms with E-state index in [9.17, 15) is 8.42 Å². The number of nitrogen functional groups attached to an aromatic ring is 1. The van der Waals surface area contributed by atoms with Crippen LogP contribution in [-0.2, 0) is 16.6 Å². The Kier molecular flexibility index (Phi) is 4.32. The van der Waals surface area contributed by atoms with Crippen LogP contribution in [0.2, 0.25) is 9.36 Å². The number of hydrogen-bond acceptors (Lipinski definition) is 5. The molecule has 0 aliphatic carbocycles. The first-order valence-electron chi connectivity index (χ1n) is 5.03. The molecule has 2 heterocycles. The van der Waals surface area contributed by atoms with Gasteiger partial charge in [0, 0.05) is 17.6 Å². The Morgan fingerprint density at radius 2 is 2.11 bits per heavy atom. The number of hydrogen-bond donors (Lipinski definition) is 2. The number of nitrogens with zero attached hydrogens (tertiary/aromatic N) is 1. The normalized spacial score (nSPS) is 11.7. The lowest BCUT2D eigenvalue weighted by atomic mass is 10.5. The summed E-state index contributed by atoms with van der Waals surface area (Å²) in [5.41, 5.74) is 5.43. The second kappa shape index (κ2) is 5.64. The molecule has 2 aromatic heterocycles. The van der Waals surface area contributed by atoms with E-state index in [0.717, 1.165) is 11.1 Å². The zero-order valence-electron chi connectivity index (χ0n) is 9.43. The molecule has 0 aromatic carbocycles. The molecule has 0 saturated heterocycles. The maximum absolute atomic E-state index is 12.0. The molecule has 102 valence electrons. The number of aromatic nitrogens is 1. The number of anilines is 1. The number of halogens is 2. The van der Waals surface area contributed by atoms with Gasteiger partial charge in [0.15, 0.2) is 0 Å². The number of thiophene rings is 1. The lowest BCUT2D eigenvalue weighted by Crippen LogP contribution is -2.23. The number of rotatable bonds is 4. The highest BCUT2D eigenvalue weighted by atomic mass is 35.5. The van der Waals surface area contributed by atoms with Crippen LogP contribution in [-0.4, -0.2) is 13.4 Å². The summed E-state index contributed by atoms with van der Waals surface area (Å²) < 4.78 is 27.0. The Bertz CT molecular complexity index is 701. The van der Waals surface area contributed by atoms with Crippen LogP contribution >= 0.6 is 34.5 Å². The first kappa shape index (κ1) is 14.5. The molecule has 0 fully saturated rings. The van der Waals surface area contributed by atoms with E-state index in [0.29, 0.717) is 4.34 Å². The molecule has 0 spiro atoms. The minimum absolute atomic E-state index is 0.0330. The van der Waals surface area contributed by atoms with E-state index in [2.05, 4.69) is 9.71 Å². The van der Waals surface area contributed by atoms with E-state index in [1.54, 1.807) is 12.1 Å². The molecule has 0 saturated carbocycles. The molecule has 5 nitrogen and oxygen atoms in total. The van der Waals surface area contributed by atoms with Crippen molar-refractivity contribution in [1.29, 1.82) is 0 Å². The van der Waals surface area contributed by atoms with Crippen LogP contribution in [0.15, 0.2) is 29.3 Å². The van der Waals surface area contributed by atoms with Crippen molar-refractivity contribution in [3.63, 3.8) is 0 Å². The largest absolute Gasteiger partial charge is 0.382 e. The van der Waals surface area contributed by atoms with Crippen LogP contribution in [0.1, 0.15) is 4.88 Å². The molecule has 0 atom stereocenters. The fourth-order valence-corrected chi connectivity index (χ4v) is 3.60. The molecule has 19 heavy (non-hydrogen) atoms. The monoisotopic (exact) mass is 337 g/mol. The van der Waals surface area contributed by atoms with Crippen LogP contribution in [0, 0.1) is 0 Å². The fourth-order valence-electron chi connectivity index (χ4n) is 1.27. The summed E-state index contributed by atoms with van der Waals surface area (Å²) in [6.45, 7) is 0.154. The third kappa shape index (κ3) is 3.58. The molecule has 2 rings (SSSR count). The van der Waals surface area contributed by atoms with Gasteiger partial charge < -0.3 is 5.73 Å². The van der Waals surface area contributed by atoms with Gasteiger partial charge in [-0.05, 0) is 18.2 Å². The molecule has 0 amide bonds. The molecule has 2 aromatic rings. The molecule has 0 unspecified atom stereocenters. The minimum Gasteiger partial charge on any atom is -0.382 e. The first-order chi connectivity index (χ1) is 8.88. The number of pyridine rings is 1. The maximum Gasteiger partial charge on any atom is 0.242 e. The highest BCUT2D eigenvalue weighted by molar-refractivity contribution is 7.89. The maximum atomic E-state index is 12.0.